The number of epoxide rings is 1. The lowest BCUT2D eigenvalue weighted by molar-refractivity contribution is -0.220. The van der Waals surface area contributed by atoms with Gasteiger partial charge in [-0.3, -0.25) is 14.4 Å². The average molecular weight is 507 g/mol. The molecule has 4 rings (SSSR count). The van der Waals surface area contributed by atoms with Gasteiger partial charge >= 0.3 is 23.9 Å². The Bertz CT molecular complexity index is 1060. The molecular weight excluding hydrogens is 472 g/mol. The van der Waals surface area contributed by atoms with Crippen LogP contribution in [-0.2, 0) is 42.9 Å². The zero-order valence-corrected chi connectivity index (χ0v) is 21.7. The maximum absolute atomic E-state index is 12.9. The van der Waals surface area contributed by atoms with Gasteiger partial charge in [0.15, 0.2) is 17.3 Å². The smallest absolute Gasteiger partial charge is 0.342 e. The van der Waals surface area contributed by atoms with E-state index >= 15 is 0 Å². The Kier molecular flexibility index (Phi) is 6.16. The van der Waals surface area contributed by atoms with Crippen molar-refractivity contribution in [1.29, 1.82) is 0 Å². The first-order valence-corrected chi connectivity index (χ1v) is 12.1. The first-order chi connectivity index (χ1) is 16.6. The van der Waals surface area contributed by atoms with Crippen LogP contribution < -0.4 is 0 Å². The van der Waals surface area contributed by atoms with Gasteiger partial charge in [-0.1, -0.05) is 18.6 Å². The van der Waals surface area contributed by atoms with Crippen molar-refractivity contribution in [2.24, 2.45) is 11.3 Å². The fourth-order valence-corrected chi connectivity index (χ4v) is 6.55. The highest BCUT2D eigenvalue weighted by atomic mass is 16.7. The molecular formula is C26H34O10. The standard InChI is InChI=1S/C26H34O10/c1-13-8-9-17(32-14(2)27)24(6)18(33-15(3)28)10-11-23(5,31)20(24)21(34-16(4)29)26-19(12-13)35-22(30)25(26,7)36-26/h10-12,17-21,31H,8-9H2,1-7H3. The second-order valence-corrected chi connectivity index (χ2v) is 10.9. The quantitative estimate of drug-likeness (QED) is 0.261. The van der Waals surface area contributed by atoms with Crippen molar-refractivity contribution >= 4 is 23.9 Å². The highest BCUT2D eigenvalue weighted by Crippen LogP contribution is 2.65. The molecule has 9 unspecified atom stereocenters. The van der Waals surface area contributed by atoms with Crippen LogP contribution in [0.1, 0.15) is 61.3 Å². The number of hydrogen-bond acceptors (Lipinski definition) is 10. The molecule has 198 valence electrons. The minimum atomic E-state index is -1.65. The van der Waals surface area contributed by atoms with E-state index in [1.54, 1.807) is 26.0 Å². The van der Waals surface area contributed by atoms with E-state index in [0.717, 1.165) is 5.57 Å². The third-order valence-corrected chi connectivity index (χ3v) is 8.19. The van der Waals surface area contributed by atoms with E-state index in [4.69, 9.17) is 23.7 Å². The summed E-state index contributed by atoms with van der Waals surface area (Å²) in [5, 5.41) is 11.8. The molecule has 36 heavy (non-hydrogen) atoms. The lowest BCUT2D eigenvalue weighted by Crippen LogP contribution is -2.67. The number of rotatable bonds is 3. The number of fused-ring (bicyclic) bond motifs is 1. The summed E-state index contributed by atoms with van der Waals surface area (Å²) in [5.41, 5.74) is -4.99. The molecule has 4 aliphatic rings. The minimum absolute atomic E-state index is 0.315. The Morgan fingerprint density at radius 3 is 2.19 bits per heavy atom. The largest absolute Gasteiger partial charge is 0.462 e. The van der Waals surface area contributed by atoms with E-state index in [9.17, 15) is 24.3 Å². The molecule has 0 saturated carbocycles. The summed E-state index contributed by atoms with van der Waals surface area (Å²) in [6.07, 6.45) is 1.63. The summed E-state index contributed by atoms with van der Waals surface area (Å²) in [6.45, 7) is 10.5. The molecule has 0 amide bonds. The van der Waals surface area contributed by atoms with Crippen LogP contribution >= 0.6 is 0 Å². The molecule has 2 fully saturated rings. The van der Waals surface area contributed by atoms with E-state index in [1.807, 2.05) is 6.92 Å². The summed E-state index contributed by atoms with van der Waals surface area (Å²) < 4.78 is 29.2. The molecule has 0 aromatic heterocycles. The highest BCUT2D eigenvalue weighted by molar-refractivity contribution is 5.89. The molecule has 9 atom stereocenters. The molecule has 1 spiro atoms. The molecule has 2 aliphatic carbocycles. The molecule has 2 saturated heterocycles. The van der Waals surface area contributed by atoms with Crippen LogP contribution in [0.2, 0.25) is 0 Å². The van der Waals surface area contributed by atoms with Crippen LogP contribution in [0.3, 0.4) is 0 Å². The molecule has 10 heteroatoms. The summed E-state index contributed by atoms with van der Waals surface area (Å²) >= 11 is 0. The predicted octanol–water partition coefficient (Wildman–Crippen LogP) is 1.92. The number of carbonyl (C=O) groups excluding carboxylic acids is 4. The van der Waals surface area contributed by atoms with Crippen LogP contribution in [-0.4, -0.2) is 70.2 Å². The highest BCUT2D eigenvalue weighted by Gasteiger charge is 2.87. The van der Waals surface area contributed by atoms with Gasteiger partial charge in [0.05, 0.1) is 11.0 Å². The third kappa shape index (κ3) is 3.76. The van der Waals surface area contributed by atoms with Crippen molar-refractivity contribution in [2.75, 3.05) is 0 Å². The van der Waals surface area contributed by atoms with Crippen molar-refractivity contribution in [1.82, 2.24) is 0 Å². The first kappa shape index (κ1) is 26.3. The van der Waals surface area contributed by atoms with Gasteiger partial charge in [0.25, 0.3) is 0 Å². The molecule has 0 aromatic rings. The Hall–Kier alpha value is -2.72. The van der Waals surface area contributed by atoms with Crippen molar-refractivity contribution in [3.8, 4) is 0 Å². The molecule has 0 aromatic carbocycles. The minimum Gasteiger partial charge on any atom is -0.462 e. The lowest BCUT2D eigenvalue weighted by Gasteiger charge is -2.55. The van der Waals surface area contributed by atoms with Crippen molar-refractivity contribution in [3.05, 3.63) is 23.8 Å². The normalized spacial score (nSPS) is 45.2. The Morgan fingerprint density at radius 1 is 1.03 bits per heavy atom. The van der Waals surface area contributed by atoms with E-state index in [0.29, 0.717) is 12.8 Å². The van der Waals surface area contributed by atoms with Crippen LogP contribution in [0.25, 0.3) is 0 Å². The zero-order valence-electron chi connectivity index (χ0n) is 21.7. The second-order valence-electron chi connectivity index (χ2n) is 10.9. The Labute approximate surface area is 209 Å². The van der Waals surface area contributed by atoms with Gasteiger partial charge in [-0.05, 0) is 45.8 Å². The lowest BCUT2D eigenvalue weighted by atomic mass is 9.54. The van der Waals surface area contributed by atoms with Gasteiger partial charge in [0.1, 0.15) is 18.3 Å². The second kappa shape index (κ2) is 8.41. The number of hydrogen-bond donors (Lipinski definition) is 1. The number of carbonyl (C=O) groups is 4. The monoisotopic (exact) mass is 506 g/mol. The van der Waals surface area contributed by atoms with Crippen LogP contribution in [0, 0.1) is 11.3 Å². The average Bonchev–Trinajstić information content (AvgIpc) is 3.32. The predicted molar refractivity (Wildman–Crippen MR) is 123 cm³/mol. The summed E-state index contributed by atoms with van der Waals surface area (Å²) in [7, 11) is 0. The molecule has 0 radical (unpaired) electrons. The van der Waals surface area contributed by atoms with Crippen LogP contribution in [0.15, 0.2) is 23.8 Å². The molecule has 2 heterocycles. The van der Waals surface area contributed by atoms with Crippen molar-refractivity contribution in [2.45, 2.75) is 103 Å². The fourth-order valence-electron chi connectivity index (χ4n) is 6.55. The maximum atomic E-state index is 12.9. The summed E-state index contributed by atoms with van der Waals surface area (Å²) in [6, 6.07) is 0. The first-order valence-electron chi connectivity index (χ1n) is 12.1. The molecule has 10 nitrogen and oxygen atoms in total. The number of aliphatic hydroxyl groups is 1. The van der Waals surface area contributed by atoms with Gasteiger partial charge < -0.3 is 28.8 Å². The molecule has 2 aliphatic heterocycles. The maximum Gasteiger partial charge on any atom is 0.342 e. The summed E-state index contributed by atoms with van der Waals surface area (Å²) in [4.78, 5) is 49.8. The van der Waals surface area contributed by atoms with E-state index in [2.05, 4.69) is 0 Å². The number of allylic oxidation sites excluding steroid dienone is 1. The molecule has 0 bridgehead atoms. The van der Waals surface area contributed by atoms with Crippen molar-refractivity contribution in [3.63, 3.8) is 0 Å². The van der Waals surface area contributed by atoms with Gasteiger partial charge in [0, 0.05) is 26.7 Å². The zero-order chi connectivity index (χ0) is 26.8. The van der Waals surface area contributed by atoms with Crippen LogP contribution in [0.5, 0.6) is 0 Å². The number of esters is 4. The molecule has 1 N–H and O–H groups in total. The van der Waals surface area contributed by atoms with Crippen molar-refractivity contribution < 1.29 is 48.0 Å². The van der Waals surface area contributed by atoms with Gasteiger partial charge in [-0.25, -0.2) is 4.79 Å². The summed E-state index contributed by atoms with van der Waals surface area (Å²) in [5.74, 6) is -3.44. The van der Waals surface area contributed by atoms with Gasteiger partial charge in [-0.15, -0.1) is 0 Å². The fraction of sp³-hybridized carbons (Fsp3) is 0.692. The Balaban J connectivity index is 2.02. The van der Waals surface area contributed by atoms with E-state index < -0.39 is 76.4 Å². The van der Waals surface area contributed by atoms with E-state index in [1.165, 1.54) is 33.8 Å². The topological polar surface area (TPSA) is 138 Å². The van der Waals surface area contributed by atoms with E-state index in [-0.39, 0.29) is 0 Å². The van der Waals surface area contributed by atoms with Gasteiger partial charge in [0.2, 0.25) is 0 Å². The third-order valence-electron chi connectivity index (χ3n) is 8.19. The number of ether oxygens (including phenoxy) is 5. The van der Waals surface area contributed by atoms with Gasteiger partial charge in [-0.2, -0.15) is 0 Å². The Morgan fingerprint density at radius 2 is 1.64 bits per heavy atom. The van der Waals surface area contributed by atoms with Crippen LogP contribution in [0.4, 0.5) is 0 Å². The SMILES string of the molecule is CC(=O)OC1C=CC(C)(O)C2C(OC(C)=O)C34OC3(C)C(=O)OC4C=C(C)CCC(OC(C)=O)C12C.